The number of aromatic nitrogens is 5. The van der Waals surface area contributed by atoms with Crippen molar-refractivity contribution in [2.45, 2.75) is 31.5 Å². The zero-order chi connectivity index (χ0) is 28.2. The molecule has 1 aliphatic rings. The maximum Gasteiger partial charge on any atom is 0.272 e. The van der Waals surface area contributed by atoms with Crippen LogP contribution >= 0.6 is 0 Å². The molecule has 0 unspecified atom stereocenters. The third kappa shape index (κ3) is 7.36. The number of ether oxygens (including phenoxy) is 1. The van der Waals surface area contributed by atoms with Gasteiger partial charge in [0.05, 0.1) is 31.2 Å². The standard InChI is InChI=1S/C23H30B3N9O4/c1-12(36)27-8-9-35-28-11-17(34-35)14-4-3-5-15(20(14)39-2)29-16-10-18(30-21(37)13-6-7-13)32-33-19(16)22(38)31-23(24,25)26/h3-5,10-11,13H,6-9,24-26H2,1-2H3,(H,27,36)(H,31,38)(H2,29,30,32,37). The van der Waals surface area contributed by atoms with Crippen LogP contribution in [-0.4, -0.2) is 85.3 Å². The van der Waals surface area contributed by atoms with Gasteiger partial charge in [-0.05, 0) is 30.2 Å². The molecule has 39 heavy (non-hydrogen) atoms. The molecule has 2 aromatic heterocycles. The Labute approximate surface area is 228 Å². The third-order valence-electron chi connectivity index (χ3n) is 5.68. The number of hydrogen-bond donors (Lipinski definition) is 4. The van der Waals surface area contributed by atoms with Gasteiger partial charge < -0.3 is 26.0 Å². The van der Waals surface area contributed by atoms with Gasteiger partial charge in [0.1, 0.15) is 29.2 Å². The Kier molecular flexibility index (Phi) is 8.22. The van der Waals surface area contributed by atoms with Gasteiger partial charge in [-0.15, -0.1) is 10.2 Å². The lowest BCUT2D eigenvalue weighted by Crippen LogP contribution is -2.50. The molecule has 0 spiro atoms. The largest absolute Gasteiger partial charge is 0.494 e. The number of nitrogens with zero attached hydrogens (tertiary/aromatic N) is 5. The fourth-order valence-electron chi connectivity index (χ4n) is 3.75. The first-order valence-electron chi connectivity index (χ1n) is 12.6. The molecule has 0 atom stereocenters. The predicted octanol–water partition coefficient (Wildman–Crippen LogP) is -1.79. The number of carbonyl (C=O) groups excluding carboxylic acids is 3. The summed E-state index contributed by atoms with van der Waals surface area (Å²) in [5.74, 6) is 0.0146. The van der Waals surface area contributed by atoms with Crippen LogP contribution in [0.5, 0.6) is 5.75 Å². The van der Waals surface area contributed by atoms with E-state index in [4.69, 9.17) is 4.74 Å². The molecule has 3 amide bonds. The summed E-state index contributed by atoms with van der Waals surface area (Å²) in [7, 11) is 7.13. The van der Waals surface area contributed by atoms with Gasteiger partial charge in [-0.2, -0.15) is 15.0 Å². The van der Waals surface area contributed by atoms with Crippen molar-refractivity contribution in [1.29, 1.82) is 0 Å². The summed E-state index contributed by atoms with van der Waals surface area (Å²) in [5, 5.41) is 28.1. The second-order valence-corrected chi connectivity index (χ2v) is 10.3. The van der Waals surface area contributed by atoms with Crippen molar-refractivity contribution < 1.29 is 19.1 Å². The molecule has 4 rings (SSSR count). The second-order valence-electron chi connectivity index (χ2n) is 10.3. The lowest BCUT2D eigenvalue weighted by molar-refractivity contribution is -0.119. The summed E-state index contributed by atoms with van der Waals surface area (Å²) in [6.45, 7) is 2.26. The van der Waals surface area contributed by atoms with Crippen molar-refractivity contribution >= 4 is 58.5 Å². The van der Waals surface area contributed by atoms with Gasteiger partial charge in [0, 0.05) is 31.0 Å². The molecule has 0 radical (unpaired) electrons. The van der Waals surface area contributed by atoms with Crippen molar-refractivity contribution in [3.63, 3.8) is 0 Å². The monoisotopic (exact) mass is 529 g/mol. The maximum absolute atomic E-state index is 13.1. The lowest BCUT2D eigenvalue weighted by atomic mass is 9.49. The first-order chi connectivity index (χ1) is 18.5. The van der Waals surface area contributed by atoms with E-state index in [1.54, 1.807) is 18.3 Å². The van der Waals surface area contributed by atoms with E-state index in [1.807, 2.05) is 35.7 Å². The number of methoxy groups -OCH3 is 1. The fraction of sp³-hybridized carbons (Fsp3) is 0.348. The van der Waals surface area contributed by atoms with E-state index < -0.39 is 11.1 Å². The van der Waals surface area contributed by atoms with Crippen molar-refractivity contribution in [3.8, 4) is 17.0 Å². The smallest absolute Gasteiger partial charge is 0.272 e. The highest BCUT2D eigenvalue weighted by Crippen LogP contribution is 2.37. The van der Waals surface area contributed by atoms with Gasteiger partial charge in [-0.1, -0.05) is 6.07 Å². The number of para-hydroxylation sites is 1. The Morgan fingerprint density at radius 1 is 1.15 bits per heavy atom. The minimum absolute atomic E-state index is 0.0180. The van der Waals surface area contributed by atoms with Gasteiger partial charge in [0.15, 0.2) is 17.3 Å². The van der Waals surface area contributed by atoms with Crippen LogP contribution in [-0.2, 0) is 16.1 Å². The Bertz CT molecular complexity index is 1390. The summed E-state index contributed by atoms with van der Waals surface area (Å²) in [5.41, 5.74) is 2.17. The van der Waals surface area contributed by atoms with E-state index in [2.05, 4.69) is 41.7 Å². The molecule has 1 aromatic carbocycles. The van der Waals surface area contributed by atoms with Crippen LogP contribution in [0.2, 0.25) is 0 Å². The van der Waals surface area contributed by atoms with Crippen LogP contribution < -0.4 is 26.0 Å². The molecule has 1 saturated carbocycles. The molecule has 16 heteroatoms. The molecule has 2 heterocycles. The van der Waals surface area contributed by atoms with E-state index in [-0.39, 0.29) is 29.2 Å². The van der Waals surface area contributed by atoms with Crippen LogP contribution in [0, 0.1) is 5.92 Å². The van der Waals surface area contributed by atoms with Crippen molar-refractivity contribution in [1.82, 2.24) is 35.8 Å². The maximum atomic E-state index is 13.1. The Hall–Kier alpha value is -4.36. The highest BCUT2D eigenvalue weighted by molar-refractivity contribution is 6.60. The molecular formula is C23H30B3N9O4. The zero-order valence-electron chi connectivity index (χ0n) is 22.7. The van der Waals surface area contributed by atoms with Crippen LogP contribution in [0.25, 0.3) is 11.3 Å². The molecule has 0 aliphatic heterocycles. The normalized spacial score (nSPS) is 12.9. The average molecular weight is 529 g/mol. The van der Waals surface area contributed by atoms with Crippen molar-refractivity contribution in [3.05, 3.63) is 36.2 Å². The number of anilines is 3. The molecule has 200 valence electrons. The van der Waals surface area contributed by atoms with Crippen LogP contribution in [0.3, 0.4) is 0 Å². The number of rotatable bonds is 11. The van der Waals surface area contributed by atoms with Crippen LogP contribution in [0.15, 0.2) is 30.5 Å². The quantitative estimate of drug-likeness (QED) is 0.210. The van der Waals surface area contributed by atoms with Gasteiger partial charge >= 0.3 is 0 Å². The summed E-state index contributed by atoms with van der Waals surface area (Å²) < 4.78 is 5.74. The summed E-state index contributed by atoms with van der Waals surface area (Å²) >= 11 is 0. The number of carbonyl (C=O) groups is 3. The second kappa shape index (κ2) is 11.6. The van der Waals surface area contributed by atoms with E-state index in [1.165, 1.54) is 18.8 Å². The number of benzene rings is 1. The molecular weight excluding hydrogens is 499 g/mol. The van der Waals surface area contributed by atoms with Crippen LogP contribution in [0.1, 0.15) is 30.3 Å². The van der Waals surface area contributed by atoms with E-state index in [0.29, 0.717) is 41.5 Å². The number of nitrogens with one attached hydrogen (secondary N) is 4. The number of amides is 3. The fourth-order valence-corrected chi connectivity index (χ4v) is 3.75. The van der Waals surface area contributed by atoms with Gasteiger partial charge in [-0.3, -0.25) is 14.4 Å². The topological polar surface area (TPSA) is 165 Å². The Balaban J connectivity index is 1.65. The van der Waals surface area contributed by atoms with Crippen LogP contribution in [0.4, 0.5) is 17.2 Å². The highest BCUT2D eigenvalue weighted by Gasteiger charge is 2.30. The summed E-state index contributed by atoms with van der Waals surface area (Å²) in [6, 6.07) is 7.02. The van der Waals surface area contributed by atoms with E-state index >= 15 is 0 Å². The Morgan fingerprint density at radius 2 is 1.92 bits per heavy atom. The molecule has 0 bridgehead atoms. The highest BCUT2D eigenvalue weighted by atomic mass is 16.5. The minimum atomic E-state index is -0.502. The number of hydrogen-bond acceptors (Lipinski definition) is 9. The van der Waals surface area contributed by atoms with Crippen molar-refractivity contribution in [2.75, 3.05) is 24.3 Å². The van der Waals surface area contributed by atoms with E-state index in [9.17, 15) is 14.4 Å². The van der Waals surface area contributed by atoms with E-state index in [0.717, 1.165) is 12.8 Å². The molecule has 0 saturated heterocycles. The van der Waals surface area contributed by atoms with Crippen molar-refractivity contribution in [2.24, 2.45) is 5.92 Å². The minimum Gasteiger partial charge on any atom is -0.494 e. The zero-order valence-corrected chi connectivity index (χ0v) is 22.7. The van der Waals surface area contributed by atoms with Gasteiger partial charge in [0.25, 0.3) is 5.91 Å². The lowest BCUT2D eigenvalue weighted by Gasteiger charge is -2.22. The first kappa shape index (κ1) is 27.7. The average Bonchev–Trinajstić information content (AvgIpc) is 3.61. The summed E-state index contributed by atoms with van der Waals surface area (Å²) in [6.07, 6.45) is 3.30. The molecule has 4 N–H and O–H groups in total. The third-order valence-corrected chi connectivity index (χ3v) is 5.68. The predicted molar refractivity (Wildman–Crippen MR) is 153 cm³/mol. The van der Waals surface area contributed by atoms with Gasteiger partial charge in [-0.25, -0.2) is 0 Å². The van der Waals surface area contributed by atoms with Gasteiger partial charge in [0.2, 0.25) is 11.8 Å². The Morgan fingerprint density at radius 3 is 2.59 bits per heavy atom. The molecule has 13 nitrogen and oxygen atoms in total. The SMILES string of the molecule is BC(B)(B)NC(=O)c1nnc(NC(=O)C2CC2)cc1Nc1cccc(-c2cnn(CCNC(C)=O)n2)c1OC. The first-order valence-corrected chi connectivity index (χ1v) is 12.6. The summed E-state index contributed by atoms with van der Waals surface area (Å²) in [4.78, 5) is 38.0. The molecule has 3 aromatic rings. The molecule has 1 aliphatic carbocycles. The molecule has 1 fully saturated rings.